The van der Waals surface area contributed by atoms with Crippen LogP contribution in [0.2, 0.25) is 5.02 Å². The van der Waals surface area contributed by atoms with Crippen molar-refractivity contribution in [3.05, 3.63) is 28.8 Å². The summed E-state index contributed by atoms with van der Waals surface area (Å²) in [5, 5.41) is 9.18. The number of carbonyl (C=O) groups excluding carboxylic acids is 1. The summed E-state index contributed by atoms with van der Waals surface area (Å²) >= 11 is 5.77. The maximum atomic E-state index is 12.4. The number of carbonyl (C=O) groups is 2. The van der Waals surface area contributed by atoms with E-state index in [1.165, 1.54) is 12.1 Å². The molecule has 0 aliphatic heterocycles. The van der Waals surface area contributed by atoms with Crippen molar-refractivity contribution in [1.82, 2.24) is 4.72 Å². The zero-order valence-corrected chi connectivity index (χ0v) is 13.7. The van der Waals surface area contributed by atoms with Gasteiger partial charge in [-0.3, -0.25) is 4.79 Å². The van der Waals surface area contributed by atoms with E-state index in [0.717, 1.165) is 13.2 Å². The molecule has 7 nitrogen and oxygen atoms in total. The quantitative estimate of drug-likeness (QED) is 0.753. The van der Waals surface area contributed by atoms with Gasteiger partial charge in [0.15, 0.2) is 0 Å². The predicted octanol–water partition coefficient (Wildman–Crippen LogP) is 1.51. The maximum Gasteiger partial charge on any atom is 0.339 e. The minimum absolute atomic E-state index is 0.0875. The van der Waals surface area contributed by atoms with Crippen LogP contribution >= 0.6 is 11.6 Å². The number of nitrogens with one attached hydrogen (secondary N) is 1. The molecule has 0 aliphatic carbocycles. The zero-order valence-electron chi connectivity index (χ0n) is 12.2. The van der Waals surface area contributed by atoms with E-state index in [0.29, 0.717) is 0 Å². The number of hydrogen-bond donors (Lipinski definition) is 2. The number of carboxylic acids is 1. The summed E-state index contributed by atoms with van der Waals surface area (Å²) in [6.07, 6.45) is 0. The SMILES string of the molecule is COC(=O)c1ccc(Cl)cc1S(=O)(=O)N[C@H](C(=O)O)C(C)C. The fourth-order valence-corrected chi connectivity index (χ4v) is 3.49. The first kappa shape index (κ1) is 18.4. The van der Waals surface area contributed by atoms with Gasteiger partial charge in [-0.15, -0.1) is 0 Å². The van der Waals surface area contributed by atoms with Crippen LogP contribution in [0.3, 0.4) is 0 Å². The Morgan fingerprint density at radius 3 is 2.36 bits per heavy atom. The largest absolute Gasteiger partial charge is 0.480 e. The molecule has 1 rings (SSSR count). The second kappa shape index (κ2) is 7.08. The summed E-state index contributed by atoms with van der Waals surface area (Å²) in [6, 6.07) is 2.27. The molecule has 0 amide bonds. The number of sulfonamides is 1. The fourth-order valence-electron chi connectivity index (χ4n) is 1.70. The van der Waals surface area contributed by atoms with Crippen LogP contribution in [0, 0.1) is 5.92 Å². The Hall–Kier alpha value is -1.64. The van der Waals surface area contributed by atoms with Crippen LogP contribution in [0.4, 0.5) is 0 Å². The average molecular weight is 350 g/mol. The second-order valence-electron chi connectivity index (χ2n) is 4.81. The summed E-state index contributed by atoms with van der Waals surface area (Å²) in [7, 11) is -3.17. The lowest BCUT2D eigenvalue weighted by Gasteiger charge is -2.19. The molecule has 122 valence electrons. The third kappa shape index (κ3) is 4.19. The first-order chi connectivity index (χ1) is 10.1. The third-order valence-electron chi connectivity index (χ3n) is 2.85. The van der Waals surface area contributed by atoms with E-state index >= 15 is 0 Å². The molecule has 0 saturated carbocycles. The average Bonchev–Trinajstić information content (AvgIpc) is 2.43. The number of hydrogen-bond acceptors (Lipinski definition) is 5. The van der Waals surface area contributed by atoms with Crippen LogP contribution < -0.4 is 4.72 Å². The van der Waals surface area contributed by atoms with Gasteiger partial charge >= 0.3 is 11.9 Å². The molecular weight excluding hydrogens is 334 g/mol. The first-order valence-corrected chi connectivity index (χ1v) is 8.09. The maximum absolute atomic E-state index is 12.4. The highest BCUT2D eigenvalue weighted by Crippen LogP contribution is 2.22. The van der Waals surface area contributed by atoms with Crippen molar-refractivity contribution in [2.45, 2.75) is 24.8 Å². The molecular formula is C13H16ClNO6S. The summed E-state index contributed by atoms with van der Waals surface area (Å²) in [6.45, 7) is 3.11. The van der Waals surface area contributed by atoms with Crippen molar-refractivity contribution in [1.29, 1.82) is 0 Å². The van der Waals surface area contributed by atoms with E-state index in [1.807, 2.05) is 0 Å². The van der Waals surface area contributed by atoms with E-state index in [-0.39, 0.29) is 10.6 Å². The summed E-state index contributed by atoms with van der Waals surface area (Å²) in [4.78, 5) is 22.4. The zero-order chi connectivity index (χ0) is 17.1. The van der Waals surface area contributed by atoms with Crippen LogP contribution in [-0.4, -0.2) is 38.6 Å². The number of halogens is 1. The predicted molar refractivity (Wildman–Crippen MR) is 79.4 cm³/mol. The van der Waals surface area contributed by atoms with Gasteiger partial charge in [0.1, 0.15) is 6.04 Å². The Bertz CT molecular complexity index is 686. The van der Waals surface area contributed by atoms with E-state index in [2.05, 4.69) is 9.46 Å². The highest BCUT2D eigenvalue weighted by Gasteiger charge is 2.31. The Morgan fingerprint density at radius 1 is 1.32 bits per heavy atom. The van der Waals surface area contributed by atoms with Crippen LogP contribution in [-0.2, 0) is 19.6 Å². The van der Waals surface area contributed by atoms with Gasteiger partial charge in [-0.25, -0.2) is 13.2 Å². The molecule has 1 aromatic carbocycles. The van der Waals surface area contributed by atoms with E-state index in [9.17, 15) is 18.0 Å². The molecule has 0 saturated heterocycles. The van der Waals surface area contributed by atoms with Crippen LogP contribution in [0.1, 0.15) is 24.2 Å². The highest BCUT2D eigenvalue weighted by molar-refractivity contribution is 7.89. The molecule has 22 heavy (non-hydrogen) atoms. The van der Waals surface area contributed by atoms with Gasteiger partial charge in [0.25, 0.3) is 0 Å². The minimum Gasteiger partial charge on any atom is -0.480 e. The number of rotatable bonds is 6. The Kier molecular flexibility index (Phi) is 5.92. The summed E-state index contributed by atoms with van der Waals surface area (Å²) in [5.74, 6) is -2.68. The van der Waals surface area contributed by atoms with E-state index in [4.69, 9.17) is 16.7 Å². The number of benzene rings is 1. The van der Waals surface area contributed by atoms with Gasteiger partial charge < -0.3 is 9.84 Å². The molecule has 0 aromatic heterocycles. The van der Waals surface area contributed by atoms with Crippen LogP contribution in [0.25, 0.3) is 0 Å². The molecule has 0 fully saturated rings. The smallest absolute Gasteiger partial charge is 0.339 e. The van der Waals surface area contributed by atoms with Gasteiger partial charge in [0.2, 0.25) is 10.0 Å². The lowest BCUT2D eigenvalue weighted by molar-refractivity contribution is -0.140. The number of methoxy groups -OCH3 is 1. The Morgan fingerprint density at radius 2 is 1.91 bits per heavy atom. The monoisotopic (exact) mass is 349 g/mol. The van der Waals surface area contributed by atoms with Gasteiger partial charge in [-0.05, 0) is 24.1 Å². The topological polar surface area (TPSA) is 110 Å². The number of esters is 1. The molecule has 0 radical (unpaired) electrons. The minimum atomic E-state index is -4.27. The molecule has 1 atom stereocenters. The highest BCUT2D eigenvalue weighted by atomic mass is 35.5. The van der Waals surface area contributed by atoms with Gasteiger partial charge in [-0.2, -0.15) is 4.72 Å². The van der Waals surface area contributed by atoms with Crippen molar-refractivity contribution in [3.63, 3.8) is 0 Å². The first-order valence-electron chi connectivity index (χ1n) is 6.23. The lowest BCUT2D eigenvalue weighted by Crippen LogP contribution is -2.44. The molecule has 0 heterocycles. The summed E-state index contributed by atoms with van der Waals surface area (Å²) < 4.78 is 31.4. The fraction of sp³-hybridized carbons (Fsp3) is 0.385. The molecule has 0 unspecified atom stereocenters. The Balaban J connectivity index is 3.36. The number of carboxylic acid groups (broad SMARTS) is 1. The molecule has 0 bridgehead atoms. The van der Waals surface area contributed by atoms with Crippen LogP contribution in [0.15, 0.2) is 23.1 Å². The van der Waals surface area contributed by atoms with E-state index < -0.39 is 38.8 Å². The lowest BCUT2D eigenvalue weighted by atomic mass is 10.1. The number of ether oxygens (including phenoxy) is 1. The van der Waals surface area contributed by atoms with Gasteiger partial charge in [0, 0.05) is 5.02 Å². The Labute approximate surface area is 133 Å². The number of aliphatic carboxylic acids is 1. The van der Waals surface area contributed by atoms with Crippen molar-refractivity contribution >= 4 is 33.6 Å². The normalized spacial score (nSPS) is 13.0. The third-order valence-corrected chi connectivity index (χ3v) is 4.57. The standard InChI is InChI=1S/C13H16ClNO6S/c1-7(2)11(12(16)17)15-22(19,20)10-6-8(14)4-5-9(10)13(18)21-3/h4-7,11,15H,1-3H3,(H,16,17)/t11-/m0/s1. The van der Waals surface area contributed by atoms with Gasteiger partial charge in [-0.1, -0.05) is 25.4 Å². The molecule has 1 aromatic rings. The summed E-state index contributed by atoms with van der Waals surface area (Å²) in [5.41, 5.74) is -0.229. The van der Waals surface area contributed by atoms with Crippen molar-refractivity contribution < 1.29 is 27.9 Å². The van der Waals surface area contributed by atoms with Crippen LogP contribution in [0.5, 0.6) is 0 Å². The molecule has 2 N–H and O–H groups in total. The molecule has 0 spiro atoms. The van der Waals surface area contributed by atoms with E-state index in [1.54, 1.807) is 13.8 Å². The van der Waals surface area contributed by atoms with Gasteiger partial charge in [0.05, 0.1) is 17.6 Å². The molecule has 0 aliphatic rings. The van der Waals surface area contributed by atoms with Crippen molar-refractivity contribution in [3.8, 4) is 0 Å². The molecule has 9 heteroatoms. The second-order valence-corrected chi connectivity index (χ2v) is 6.93. The van der Waals surface area contributed by atoms with Crippen molar-refractivity contribution in [2.75, 3.05) is 7.11 Å². The van der Waals surface area contributed by atoms with Crippen molar-refractivity contribution in [2.24, 2.45) is 5.92 Å².